The minimum atomic E-state index is -0.0197. The lowest BCUT2D eigenvalue weighted by atomic mass is 9.97. The zero-order chi connectivity index (χ0) is 20.4. The fourth-order valence-corrected chi connectivity index (χ4v) is 5.82. The van der Waals surface area contributed by atoms with E-state index in [9.17, 15) is 9.59 Å². The van der Waals surface area contributed by atoms with Crippen molar-refractivity contribution in [1.82, 2.24) is 9.55 Å². The fraction of sp³-hybridized carbons (Fsp3) is 0.318. The number of benzene rings is 1. The number of thiophene rings is 1. The summed E-state index contributed by atoms with van der Waals surface area (Å²) < 4.78 is 6.78. The molecular weight excluding hydrogens is 404 g/mol. The van der Waals surface area contributed by atoms with Crippen LogP contribution < -0.4 is 10.3 Å². The Bertz CT molecular complexity index is 1130. The second-order valence-corrected chi connectivity index (χ2v) is 8.96. The third kappa shape index (κ3) is 3.89. The Morgan fingerprint density at radius 2 is 2.07 bits per heavy atom. The van der Waals surface area contributed by atoms with Gasteiger partial charge in [0.2, 0.25) is 0 Å². The number of aromatic nitrogens is 2. The summed E-state index contributed by atoms with van der Waals surface area (Å²) in [5, 5.41) is 1.33. The number of methoxy groups -OCH3 is 1. The van der Waals surface area contributed by atoms with Gasteiger partial charge in [0, 0.05) is 17.0 Å². The van der Waals surface area contributed by atoms with Gasteiger partial charge in [-0.05, 0) is 55.5 Å². The van der Waals surface area contributed by atoms with Gasteiger partial charge in [0.05, 0.1) is 18.2 Å². The van der Waals surface area contributed by atoms with E-state index >= 15 is 0 Å². The molecule has 0 amide bonds. The van der Waals surface area contributed by atoms with E-state index in [-0.39, 0.29) is 17.1 Å². The predicted octanol–water partition coefficient (Wildman–Crippen LogP) is 4.51. The summed E-state index contributed by atoms with van der Waals surface area (Å²) in [7, 11) is 1.59. The molecule has 0 aliphatic heterocycles. The van der Waals surface area contributed by atoms with Crippen molar-refractivity contribution in [1.29, 1.82) is 0 Å². The van der Waals surface area contributed by atoms with Crippen molar-refractivity contribution in [3.05, 3.63) is 63.3 Å². The summed E-state index contributed by atoms with van der Waals surface area (Å²) in [6.45, 7) is 4.16. The predicted molar refractivity (Wildman–Crippen MR) is 119 cm³/mol. The highest BCUT2D eigenvalue weighted by Gasteiger charge is 2.22. The summed E-state index contributed by atoms with van der Waals surface area (Å²) in [6.07, 6.45) is 5.95. The lowest BCUT2D eigenvalue weighted by molar-refractivity contribution is 0.102. The van der Waals surface area contributed by atoms with Gasteiger partial charge in [0.15, 0.2) is 10.9 Å². The molecule has 7 heteroatoms. The number of thioether (sulfide) groups is 1. The summed E-state index contributed by atoms with van der Waals surface area (Å²) in [4.78, 5) is 32.7. The molecule has 0 spiro atoms. The molecule has 0 fully saturated rings. The third-order valence-corrected chi connectivity index (χ3v) is 7.26. The number of carbonyl (C=O) groups excluding carboxylic acids is 1. The first-order valence-corrected chi connectivity index (χ1v) is 11.4. The van der Waals surface area contributed by atoms with Crippen LogP contribution in [0.2, 0.25) is 0 Å². The average Bonchev–Trinajstić information content (AvgIpc) is 3.13. The van der Waals surface area contributed by atoms with E-state index in [0.29, 0.717) is 23.0 Å². The molecule has 4 rings (SSSR count). The first-order valence-electron chi connectivity index (χ1n) is 9.58. The molecule has 0 bridgehead atoms. The van der Waals surface area contributed by atoms with E-state index in [1.165, 1.54) is 28.6 Å². The number of Topliss-reactive ketones (excluding diaryl/α,β-unsaturated/α-hetero) is 1. The smallest absolute Gasteiger partial charge is 0.263 e. The van der Waals surface area contributed by atoms with Crippen molar-refractivity contribution in [3.8, 4) is 5.75 Å². The lowest BCUT2D eigenvalue weighted by Crippen LogP contribution is -2.23. The Labute approximate surface area is 177 Å². The molecule has 1 aliphatic rings. The minimum absolute atomic E-state index is 0.0115. The molecule has 29 heavy (non-hydrogen) atoms. The Hall–Kier alpha value is -2.38. The standard InChI is InChI=1S/C22H22N2O3S2/c1-3-12-24-21(26)19-16-6-4-5-7-18(16)29-20(19)23-22(24)28-13-17(25)14-8-10-15(27-2)11-9-14/h3,8-11H,1,4-7,12-13H2,2H3. The number of rotatable bonds is 7. The quantitative estimate of drug-likeness (QED) is 0.241. The topological polar surface area (TPSA) is 61.2 Å². The molecule has 0 saturated carbocycles. The van der Waals surface area contributed by atoms with Crippen LogP contribution in [0.4, 0.5) is 0 Å². The van der Waals surface area contributed by atoms with Crippen LogP contribution in [0, 0.1) is 0 Å². The molecule has 0 radical (unpaired) electrons. The molecule has 0 saturated heterocycles. The molecule has 150 valence electrons. The van der Waals surface area contributed by atoms with E-state index in [2.05, 4.69) is 6.58 Å². The van der Waals surface area contributed by atoms with Crippen LogP contribution in [0.5, 0.6) is 5.75 Å². The second-order valence-electron chi connectivity index (χ2n) is 6.93. The van der Waals surface area contributed by atoms with Crippen molar-refractivity contribution in [3.63, 3.8) is 0 Å². The van der Waals surface area contributed by atoms with Crippen molar-refractivity contribution < 1.29 is 9.53 Å². The number of ketones is 1. The van der Waals surface area contributed by atoms with Crippen molar-refractivity contribution >= 4 is 39.1 Å². The van der Waals surface area contributed by atoms with E-state index < -0.39 is 0 Å². The average molecular weight is 427 g/mol. The highest BCUT2D eigenvalue weighted by molar-refractivity contribution is 7.99. The molecular formula is C22H22N2O3S2. The fourth-order valence-electron chi connectivity index (χ4n) is 3.61. The maximum absolute atomic E-state index is 13.2. The first kappa shape index (κ1) is 19.9. The number of ether oxygens (including phenoxy) is 1. The molecule has 0 unspecified atom stereocenters. The Morgan fingerprint density at radius 1 is 1.31 bits per heavy atom. The van der Waals surface area contributed by atoms with Crippen LogP contribution in [0.3, 0.4) is 0 Å². The van der Waals surface area contributed by atoms with Crippen LogP contribution in [-0.2, 0) is 19.4 Å². The molecule has 3 aromatic rings. The maximum Gasteiger partial charge on any atom is 0.263 e. The second kappa shape index (κ2) is 8.55. The van der Waals surface area contributed by atoms with Gasteiger partial charge in [-0.25, -0.2) is 4.98 Å². The number of allylic oxidation sites excluding steroid dienone is 1. The van der Waals surface area contributed by atoms with Crippen LogP contribution >= 0.6 is 23.1 Å². The van der Waals surface area contributed by atoms with E-state index in [0.717, 1.165) is 29.5 Å². The summed E-state index contributed by atoms with van der Waals surface area (Å²) >= 11 is 2.93. The maximum atomic E-state index is 13.2. The van der Waals surface area contributed by atoms with Gasteiger partial charge in [-0.3, -0.25) is 14.2 Å². The van der Waals surface area contributed by atoms with E-state index in [1.807, 2.05) is 0 Å². The molecule has 0 N–H and O–H groups in total. The number of hydrogen-bond donors (Lipinski definition) is 0. The molecule has 1 aliphatic carbocycles. The minimum Gasteiger partial charge on any atom is -0.497 e. The van der Waals surface area contributed by atoms with Gasteiger partial charge in [0.1, 0.15) is 10.6 Å². The summed E-state index contributed by atoms with van der Waals surface area (Å²) in [6, 6.07) is 7.04. The number of aryl methyl sites for hydroxylation is 2. The Balaban J connectivity index is 1.65. The Kier molecular flexibility index (Phi) is 5.87. The normalized spacial score (nSPS) is 13.3. The molecule has 2 heterocycles. The van der Waals surface area contributed by atoms with Crippen LogP contribution in [0.15, 0.2) is 46.9 Å². The zero-order valence-corrected chi connectivity index (χ0v) is 17.9. The lowest BCUT2D eigenvalue weighted by Gasteiger charge is -2.12. The number of hydrogen-bond acceptors (Lipinski definition) is 6. The molecule has 2 aromatic heterocycles. The van der Waals surface area contributed by atoms with Crippen LogP contribution in [0.25, 0.3) is 10.2 Å². The SMILES string of the molecule is C=CCn1c(SCC(=O)c2ccc(OC)cc2)nc2sc3c(c2c1=O)CCCC3. The van der Waals surface area contributed by atoms with Gasteiger partial charge in [0.25, 0.3) is 5.56 Å². The van der Waals surface area contributed by atoms with Gasteiger partial charge in [-0.1, -0.05) is 17.8 Å². The molecule has 5 nitrogen and oxygen atoms in total. The van der Waals surface area contributed by atoms with Crippen LogP contribution in [-0.4, -0.2) is 28.2 Å². The number of nitrogens with zero attached hydrogens (tertiary/aromatic N) is 2. The van der Waals surface area contributed by atoms with Crippen molar-refractivity contribution in [2.24, 2.45) is 0 Å². The van der Waals surface area contributed by atoms with Gasteiger partial charge in [-0.15, -0.1) is 17.9 Å². The van der Waals surface area contributed by atoms with Gasteiger partial charge in [-0.2, -0.15) is 0 Å². The molecule has 1 aromatic carbocycles. The van der Waals surface area contributed by atoms with Crippen molar-refractivity contribution in [2.45, 2.75) is 37.4 Å². The zero-order valence-electron chi connectivity index (χ0n) is 16.3. The number of fused-ring (bicyclic) bond motifs is 3. The van der Waals surface area contributed by atoms with Crippen molar-refractivity contribution in [2.75, 3.05) is 12.9 Å². The largest absolute Gasteiger partial charge is 0.497 e. The van der Waals surface area contributed by atoms with E-state index in [4.69, 9.17) is 9.72 Å². The van der Waals surface area contributed by atoms with Crippen LogP contribution in [0.1, 0.15) is 33.6 Å². The summed E-state index contributed by atoms with van der Waals surface area (Å²) in [5.74, 6) is 0.914. The molecule has 0 atom stereocenters. The van der Waals surface area contributed by atoms with Gasteiger partial charge >= 0.3 is 0 Å². The van der Waals surface area contributed by atoms with Gasteiger partial charge < -0.3 is 4.74 Å². The summed E-state index contributed by atoms with van der Waals surface area (Å²) in [5.41, 5.74) is 1.77. The highest BCUT2D eigenvalue weighted by atomic mass is 32.2. The highest BCUT2D eigenvalue weighted by Crippen LogP contribution is 2.34. The third-order valence-electron chi connectivity index (χ3n) is 5.10. The first-order chi connectivity index (χ1) is 14.1. The number of carbonyl (C=O) groups is 1. The monoisotopic (exact) mass is 426 g/mol. The Morgan fingerprint density at radius 3 is 2.79 bits per heavy atom. The van der Waals surface area contributed by atoms with E-state index in [1.54, 1.807) is 53.4 Å².